The standard InChI is InChI=1S/C26H35NO4/c1-25(2,3)20-7-10-22(11-8-20)31-23-9-5-18-14-21(6-4-19(18)15-23)26(16-30-17-26)27-13-12-24(28)29/h4-6,9,14-15,20,22,27H,7-8,10-13,16-17H2,1-3H3,(H,28,29). The maximum atomic E-state index is 10.9. The van der Waals surface area contributed by atoms with Gasteiger partial charge in [-0.25, -0.2) is 0 Å². The van der Waals surface area contributed by atoms with Gasteiger partial charge in [-0.2, -0.15) is 0 Å². The Kier molecular flexibility index (Phi) is 6.27. The van der Waals surface area contributed by atoms with Crippen molar-refractivity contribution in [2.45, 2.75) is 64.5 Å². The number of fused-ring (bicyclic) bond motifs is 1. The summed E-state index contributed by atoms with van der Waals surface area (Å²) in [6, 6.07) is 12.8. The molecule has 4 rings (SSSR count). The average molecular weight is 426 g/mol. The van der Waals surface area contributed by atoms with Gasteiger partial charge in [0.05, 0.1) is 31.3 Å². The zero-order chi connectivity index (χ0) is 22.1. The van der Waals surface area contributed by atoms with Crippen LogP contribution in [0, 0.1) is 11.3 Å². The number of hydrogen-bond acceptors (Lipinski definition) is 4. The molecule has 1 saturated heterocycles. The van der Waals surface area contributed by atoms with Crippen LogP contribution < -0.4 is 10.1 Å². The largest absolute Gasteiger partial charge is 0.490 e. The van der Waals surface area contributed by atoms with Crippen LogP contribution >= 0.6 is 0 Å². The van der Waals surface area contributed by atoms with Gasteiger partial charge in [-0.05, 0) is 71.6 Å². The normalized spacial score (nSPS) is 23.3. The first kappa shape index (κ1) is 22.1. The predicted octanol–water partition coefficient (Wildman–Crippen LogP) is 5.11. The van der Waals surface area contributed by atoms with Gasteiger partial charge in [0.2, 0.25) is 0 Å². The molecule has 0 bridgehead atoms. The number of ether oxygens (including phenoxy) is 2. The van der Waals surface area contributed by atoms with E-state index in [2.05, 4.69) is 62.5 Å². The molecule has 0 unspecified atom stereocenters. The van der Waals surface area contributed by atoms with Crippen molar-refractivity contribution < 1.29 is 19.4 Å². The van der Waals surface area contributed by atoms with Gasteiger partial charge in [0, 0.05) is 6.54 Å². The number of benzene rings is 2. The average Bonchev–Trinajstić information content (AvgIpc) is 2.69. The molecule has 2 aliphatic rings. The minimum atomic E-state index is -0.791. The summed E-state index contributed by atoms with van der Waals surface area (Å²) in [5.74, 6) is 0.941. The molecule has 1 saturated carbocycles. The molecule has 0 amide bonds. The van der Waals surface area contributed by atoms with Gasteiger partial charge in [0.25, 0.3) is 0 Å². The fraction of sp³-hybridized carbons (Fsp3) is 0.577. The van der Waals surface area contributed by atoms with Crippen LogP contribution in [-0.4, -0.2) is 36.9 Å². The molecule has 31 heavy (non-hydrogen) atoms. The molecule has 5 nitrogen and oxygen atoms in total. The molecule has 0 atom stereocenters. The van der Waals surface area contributed by atoms with Crippen LogP contribution in [0.4, 0.5) is 0 Å². The SMILES string of the molecule is CC(C)(C)C1CCC(Oc2ccc3cc(C4(NCCC(=O)O)COC4)ccc3c2)CC1. The zero-order valence-corrected chi connectivity index (χ0v) is 18.9. The van der Waals surface area contributed by atoms with Crippen molar-refractivity contribution in [3.05, 3.63) is 42.0 Å². The van der Waals surface area contributed by atoms with E-state index in [-0.39, 0.29) is 12.0 Å². The van der Waals surface area contributed by atoms with Gasteiger partial charge < -0.3 is 19.9 Å². The van der Waals surface area contributed by atoms with Crippen LogP contribution in [0.3, 0.4) is 0 Å². The third kappa shape index (κ3) is 5.04. The number of aliphatic carboxylic acids is 1. The topological polar surface area (TPSA) is 67.8 Å². The number of rotatable bonds is 7. The highest BCUT2D eigenvalue weighted by atomic mass is 16.5. The molecule has 1 aliphatic carbocycles. The summed E-state index contributed by atoms with van der Waals surface area (Å²) in [5, 5.41) is 14.6. The molecule has 0 radical (unpaired) electrons. The van der Waals surface area contributed by atoms with Crippen molar-refractivity contribution in [1.29, 1.82) is 0 Å². The van der Waals surface area contributed by atoms with Crippen molar-refractivity contribution in [3.8, 4) is 5.75 Å². The second-order valence-corrected chi connectivity index (χ2v) is 10.3. The molecule has 2 N–H and O–H groups in total. The number of nitrogens with one attached hydrogen (secondary N) is 1. The number of carboxylic acids is 1. The lowest BCUT2D eigenvalue weighted by Gasteiger charge is -2.43. The molecular weight excluding hydrogens is 390 g/mol. The second kappa shape index (κ2) is 8.79. The second-order valence-electron chi connectivity index (χ2n) is 10.3. The first-order chi connectivity index (χ1) is 14.7. The van der Waals surface area contributed by atoms with Crippen LogP contribution in [-0.2, 0) is 15.1 Å². The highest BCUT2D eigenvalue weighted by Crippen LogP contribution is 2.39. The zero-order valence-electron chi connectivity index (χ0n) is 18.9. The summed E-state index contributed by atoms with van der Waals surface area (Å²) < 4.78 is 11.8. The molecule has 2 aromatic carbocycles. The van der Waals surface area contributed by atoms with Gasteiger partial charge >= 0.3 is 5.97 Å². The molecule has 2 fully saturated rings. The Morgan fingerprint density at radius 1 is 1.10 bits per heavy atom. The maximum Gasteiger partial charge on any atom is 0.304 e. The fourth-order valence-corrected chi connectivity index (χ4v) is 4.92. The van der Waals surface area contributed by atoms with Gasteiger partial charge in [0.1, 0.15) is 5.75 Å². The van der Waals surface area contributed by atoms with E-state index in [4.69, 9.17) is 14.6 Å². The van der Waals surface area contributed by atoms with Crippen LogP contribution in [0.2, 0.25) is 0 Å². The summed E-state index contributed by atoms with van der Waals surface area (Å²) in [6.07, 6.45) is 5.15. The van der Waals surface area contributed by atoms with Crippen molar-refractivity contribution in [3.63, 3.8) is 0 Å². The Bertz CT molecular complexity index is 921. The van der Waals surface area contributed by atoms with Crippen LogP contribution in [0.1, 0.15) is 58.4 Å². The van der Waals surface area contributed by atoms with Crippen molar-refractivity contribution in [2.75, 3.05) is 19.8 Å². The number of hydrogen-bond donors (Lipinski definition) is 2. The van der Waals surface area contributed by atoms with E-state index in [1.807, 2.05) is 0 Å². The Balaban J connectivity index is 1.42. The molecule has 1 heterocycles. The van der Waals surface area contributed by atoms with Gasteiger partial charge in [-0.3, -0.25) is 4.79 Å². The first-order valence-corrected chi connectivity index (χ1v) is 11.5. The Morgan fingerprint density at radius 3 is 2.39 bits per heavy atom. The summed E-state index contributed by atoms with van der Waals surface area (Å²) in [5.41, 5.74) is 1.24. The smallest absolute Gasteiger partial charge is 0.304 e. The Labute approximate surface area is 185 Å². The Morgan fingerprint density at radius 2 is 1.77 bits per heavy atom. The molecule has 168 valence electrons. The van der Waals surface area contributed by atoms with E-state index in [0.29, 0.717) is 31.3 Å². The third-order valence-corrected chi connectivity index (χ3v) is 7.07. The lowest BCUT2D eigenvalue weighted by atomic mass is 9.72. The maximum absolute atomic E-state index is 10.9. The van der Waals surface area contributed by atoms with Crippen LogP contribution in [0.25, 0.3) is 10.8 Å². The summed E-state index contributed by atoms with van der Waals surface area (Å²) in [6.45, 7) is 8.60. The van der Waals surface area contributed by atoms with Gasteiger partial charge in [-0.1, -0.05) is 39.0 Å². The van der Waals surface area contributed by atoms with Crippen molar-refractivity contribution >= 4 is 16.7 Å². The highest BCUT2D eigenvalue weighted by Gasteiger charge is 2.40. The molecule has 0 spiro atoms. The lowest BCUT2D eigenvalue weighted by molar-refractivity contribution is -0.137. The van der Waals surface area contributed by atoms with Crippen molar-refractivity contribution in [1.82, 2.24) is 5.32 Å². The van der Waals surface area contributed by atoms with E-state index in [1.165, 1.54) is 12.8 Å². The monoisotopic (exact) mass is 425 g/mol. The third-order valence-electron chi connectivity index (χ3n) is 7.07. The number of carbonyl (C=O) groups is 1. The van der Waals surface area contributed by atoms with Crippen molar-refractivity contribution in [2.24, 2.45) is 11.3 Å². The lowest BCUT2D eigenvalue weighted by Crippen LogP contribution is -2.57. The van der Waals surface area contributed by atoms with E-state index < -0.39 is 5.97 Å². The highest BCUT2D eigenvalue weighted by molar-refractivity contribution is 5.84. The summed E-state index contributed by atoms with van der Waals surface area (Å²) in [7, 11) is 0. The summed E-state index contributed by atoms with van der Waals surface area (Å²) >= 11 is 0. The van der Waals surface area contributed by atoms with E-state index >= 15 is 0 Å². The quantitative estimate of drug-likeness (QED) is 0.645. The molecule has 0 aromatic heterocycles. The molecule has 1 aliphatic heterocycles. The number of carboxylic acid groups (broad SMARTS) is 1. The fourth-order valence-electron chi connectivity index (χ4n) is 4.92. The van der Waals surface area contributed by atoms with Crippen LogP contribution in [0.5, 0.6) is 5.75 Å². The molecule has 5 heteroatoms. The first-order valence-electron chi connectivity index (χ1n) is 11.5. The van der Waals surface area contributed by atoms with Gasteiger partial charge in [-0.15, -0.1) is 0 Å². The summed E-state index contributed by atoms with van der Waals surface area (Å²) in [4.78, 5) is 10.9. The predicted molar refractivity (Wildman–Crippen MR) is 123 cm³/mol. The minimum Gasteiger partial charge on any atom is -0.490 e. The molecule has 2 aromatic rings. The van der Waals surface area contributed by atoms with Crippen LogP contribution in [0.15, 0.2) is 36.4 Å². The van der Waals surface area contributed by atoms with E-state index in [9.17, 15) is 4.79 Å². The van der Waals surface area contributed by atoms with E-state index in [1.54, 1.807) is 0 Å². The molecular formula is C26H35NO4. The van der Waals surface area contributed by atoms with Gasteiger partial charge in [0.15, 0.2) is 0 Å². The Hall–Kier alpha value is -2.11. The minimum absolute atomic E-state index is 0.105. The van der Waals surface area contributed by atoms with E-state index in [0.717, 1.165) is 40.8 Å².